The van der Waals surface area contributed by atoms with E-state index in [1.165, 1.54) is 12.1 Å². The first-order valence-electron chi connectivity index (χ1n) is 7.00. The quantitative estimate of drug-likeness (QED) is 0.417. The van der Waals surface area contributed by atoms with Crippen LogP contribution in [0.2, 0.25) is 0 Å². The molecule has 0 aromatic heterocycles. The van der Waals surface area contributed by atoms with Gasteiger partial charge in [0.15, 0.2) is 0 Å². The summed E-state index contributed by atoms with van der Waals surface area (Å²) in [6.07, 6.45) is 0. The van der Waals surface area contributed by atoms with E-state index >= 15 is 0 Å². The van der Waals surface area contributed by atoms with Gasteiger partial charge in [0.25, 0.3) is 0 Å². The molecule has 1 aliphatic rings. The third-order valence-corrected chi connectivity index (χ3v) is 3.50. The Morgan fingerprint density at radius 2 is 1.77 bits per heavy atom. The molecule has 0 spiro atoms. The van der Waals surface area contributed by atoms with Crippen LogP contribution in [0.15, 0.2) is 29.5 Å². The van der Waals surface area contributed by atoms with Gasteiger partial charge in [-0.25, -0.2) is 9.59 Å². The Hall–Kier alpha value is -3.54. The molecule has 1 heterocycles. The Kier molecular flexibility index (Phi) is 5.47. The number of methoxy groups -OCH3 is 2. The average molecular weight is 367 g/mol. The first-order valence-corrected chi connectivity index (χ1v) is 7.00. The molecule has 0 saturated heterocycles. The van der Waals surface area contributed by atoms with Crippen molar-refractivity contribution < 1.29 is 33.6 Å². The standard InChI is InChI=1S/C14H13N3O9/c1-24-13(18)8-6-26-7-15(11(8)14(19)25-2)9-4-3-5-10(16(20)21)12(9)17(22)23/h3-5H,6-7H2,1-2H3. The summed E-state index contributed by atoms with van der Waals surface area (Å²) in [6, 6.07) is 3.36. The number of benzene rings is 1. The molecule has 0 saturated carbocycles. The summed E-state index contributed by atoms with van der Waals surface area (Å²) in [5.74, 6) is -1.88. The third kappa shape index (κ3) is 3.30. The van der Waals surface area contributed by atoms with E-state index in [1.807, 2.05) is 0 Å². The van der Waals surface area contributed by atoms with E-state index in [0.29, 0.717) is 0 Å². The largest absolute Gasteiger partial charge is 0.466 e. The molecular formula is C14H13N3O9. The Labute approximate surface area is 145 Å². The summed E-state index contributed by atoms with van der Waals surface area (Å²) in [5, 5.41) is 22.5. The second-order valence-electron chi connectivity index (χ2n) is 4.88. The van der Waals surface area contributed by atoms with Crippen LogP contribution in [0.1, 0.15) is 0 Å². The normalized spacial score (nSPS) is 14.0. The summed E-state index contributed by atoms with van der Waals surface area (Å²) >= 11 is 0. The van der Waals surface area contributed by atoms with E-state index in [9.17, 15) is 29.8 Å². The van der Waals surface area contributed by atoms with Gasteiger partial charge < -0.3 is 19.1 Å². The second-order valence-corrected chi connectivity index (χ2v) is 4.88. The lowest BCUT2D eigenvalue weighted by atomic mass is 10.1. The minimum Gasteiger partial charge on any atom is -0.466 e. The number of hydrogen-bond donors (Lipinski definition) is 0. The van der Waals surface area contributed by atoms with Gasteiger partial charge in [0.1, 0.15) is 18.1 Å². The van der Waals surface area contributed by atoms with E-state index in [0.717, 1.165) is 25.2 Å². The lowest BCUT2D eigenvalue weighted by Crippen LogP contribution is -2.39. The first-order chi connectivity index (χ1) is 12.3. The van der Waals surface area contributed by atoms with E-state index in [1.54, 1.807) is 0 Å². The number of carbonyl (C=O) groups is 2. The van der Waals surface area contributed by atoms with Gasteiger partial charge >= 0.3 is 23.3 Å². The van der Waals surface area contributed by atoms with Crippen LogP contribution in [0.25, 0.3) is 0 Å². The van der Waals surface area contributed by atoms with Crippen molar-refractivity contribution in [2.24, 2.45) is 0 Å². The van der Waals surface area contributed by atoms with Crippen LogP contribution in [0.4, 0.5) is 17.1 Å². The van der Waals surface area contributed by atoms with Crippen LogP contribution in [0.3, 0.4) is 0 Å². The minimum atomic E-state index is -0.977. The number of nitrogens with zero attached hydrogens (tertiary/aromatic N) is 3. The van der Waals surface area contributed by atoms with Gasteiger partial charge in [-0.2, -0.15) is 0 Å². The molecule has 0 radical (unpaired) electrons. The number of hydrogen-bond acceptors (Lipinski definition) is 10. The number of rotatable bonds is 5. The Bertz CT molecular complexity index is 818. The molecule has 26 heavy (non-hydrogen) atoms. The molecule has 0 N–H and O–H groups in total. The van der Waals surface area contributed by atoms with Gasteiger partial charge in [-0.1, -0.05) is 6.07 Å². The molecule has 0 bridgehead atoms. The SMILES string of the molecule is COC(=O)C1=C(C(=O)OC)N(c2cccc([N+](=O)[O-])c2[N+](=O)[O-])COC1. The highest BCUT2D eigenvalue weighted by molar-refractivity contribution is 6.04. The number of nitro groups is 2. The molecule has 0 unspecified atom stereocenters. The highest BCUT2D eigenvalue weighted by Gasteiger charge is 2.38. The Balaban J connectivity index is 2.75. The zero-order valence-electron chi connectivity index (χ0n) is 13.7. The fourth-order valence-electron chi connectivity index (χ4n) is 2.41. The van der Waals surface area contributed by atoms with E-state index < -0.39 is 33.2 Å². The van der Waals surface area contributed by atoms with Crippen LogP contribution in [-0.2, 0) is 23.8 Å². The zero-order chi connectivity index (χ0) is 19.4. The smallest absolute Gasteiger partial charge is 0.369 e. The maximum atomic E-state index is 12.2. The van der Waals surface area contributed by atoms with Crippen LogP contribution in [-0.4, -0.2) is 49.3 Å². The summed E-state index contributed by atoms with van der Waals surface area (Å²) < 4.78 is 14.4. The lowest BCUT2D eigenvalue weighted by Gasteiger charge is -2.30. The maximum absolute atomic E-state index is 12.2. The highest BCUT2D eigenvalue weighted by atomic mass is 16.6. The number of anilines is 1. The Morgan fingerprint density at radius 1 is 1.12 bits per heavy atom. The summed E-state index contributed by atoms with van der Waals surface area (Å²) in [7, 11) is 2.14. The predicted molar refractivity (Wildman–Crippen MR) is 84.1 cm³/mol. The molecule has 0 atom stereocenters. The van der Waals surface area contributed by atoms with Crippen molar-refractivity contribution in [1.82, 2.24) is 0 Å². The van der Waals surface area contributed by atoms with Crippen molar-refractivity contribution in [2.75, 3.05) is 32.5 Å². The number of nitro benzene ring substituents is 2. The van der Waals surface area contributed by atoms with E-state index in [-0.39, 0.29) is 30.3 Å². The van der Waals surface area contributed by atoms with Crippen molar-refractivity contribution in [1.29, 1.82) is 0 Å². The van der Waals surface area contributed by atoms with Crippen molar-refractivity contribution >= 4 is 29.0 Å². The molecule has 1 aromatic rings. The lowest BCUT2D eigenvalue weighted by molar-refractivity contribution is -0.422. The number of ether oxygens (including phenoxy) is 3. The second kappa shape index (κ2) is 7.57. The molecular weight excluding hydrogens is 354 g/mol. The van der Waals surface area contributed by atoms with Gasteiger partial charge in [0.05, 0.1) is 36.2 Å². The molecule has 0 fully saturated rings. The highest BCUT2D eigenvalue weighted by Crippen LogP contribution is 2.39. The van der Waals surface area contributed by atoms with Crippen molar-refractivity contribution in [3.8, 4) is 0 Å². The van der Waals surface area contributed by atoms with Crippen molar-refractivity contribution in [2.45, 2.75) is 0 Å². The van der Waals surface area contributed by atoms with E-state index in [2.05, 4.69) is 9.47 Å². The van der Waals surface area contributed by atoms with Gasteiger partial charge in [0.2, 0.25) is 0 Å². The van der Waals surface area contributed by atoms with Gasteiger partial charge in [-0.05, 0) is 6.07 Å². The molecule has 12 nitrogen and oxygen atoms in total. The number of carbonyl (C=O) groups excluding carboxylic acids is 2. The van der Waals surface area contributed by atoms with Crippen LogP contribution >= 0.6 is 0 Å². The molecule has 138 valence electrons. The molecule has 1 aliphatic heterocycles. The topological polar surface area (TPSA) is 151 Å². The van der Waals surface area contributed by atoms with Gasteiger partial charge in [0, 0.05) is 6.07 Å². The fourth-order valence-corrected chi connectivity index (χ4v) is 2.41. The monoisotopic (exact) mass is 367 g/mol. The van der Waals surface area contributed by atoms with Crippen molar-refractivity contribution in [3.05, 3.63) is 49.7 Å². The number of esters is 2. The fraction of sp³-hybridized carbons (Fsp3) is 0.286. The zero-order valence-corrected chi connectivity index (χ0v) is 13.7. The molecule has 12 heteroatoms. The maximum Gasteiger partial charge on any atom is 0.369 e. The summed E-state index contributed by atoms with van der Waals surface area (Å²) in [5.41, 5.74) is -2.51. The summed E-state index contributed by atoms with van der Waals surface area (Å²) in [4.78, 5) is 45.8. The molecule has 0 aliphatic carbocycles. The third-order valence-electron chi connectivity index (χ3n) is 3.50. The number of para-hydroxylation sites is 1. The van der Waals surface area contributed by atoms with E-state index in [4.69, 9.17) is 4.74 Å². The Morgan fingerprint density at radius 3 is 2.31 bits per heavy atom. The van der Waals surface area contributed by atoms with Gasteiger partial charge in [-0.15, -0.1) is 0 Å². The predicted octanol–water partition coefficient (Wildman–Crippen LogP) is 0.897. The minimum absolute atomic E-state index is 0.230. The van der Waals surface area contributed by atoms with Crippen LogP contribution in [0.5, 0.6) is 0 Å². The molecule has 2 rings (SSSR count). The molecule has 0 amide bonds. The van der Waals surface area contributed by atoms with Gasteiger partial charge in [-0.3, -0.25) is 20.2 Å². The van der Waals surface area contributed by atoms with Crippen LogP contribution < -0.4 is 4.90 Å². The molecule has 1 aromatic carbocycles. The average Bonchev–Trinajstić information content (AvgIpc) is 2.65. The van der Waals surface area contributed by atoms with Crippen LogP contribution in [0, 0.1) is 20.2 Å². The van der Waals surface area contributed by atoms with Crippen molar-refractivity contribution in [3.63, 3.8) is 0 Å². The first kappa shape index (κ1) is 18.8. The summed E-state index contributed by atoms with van der Waals surface area (Å²) in [6.45, 7) is -0.663.